The van der Waals surface area contributed by atoms with Crippen LogP contribution in [-0.4, -0.2) is 19.7 Å². The smallest absolute Gasteiger partial charge is 0.396 e. The molecule has 0 aliphatic rings. The highest BCUT2D eigenvalue weighted by Gasteiger charge is 2.14. The maximum Gasteiger partial charge on any atom is 0.396 e. The zero-order chi connectivity index (χ0) is 17.6. The molecule has 6 nitrogen and oxygen atoms in total. The molecule has 8 heteroatoms. The Morgan fingerprint density at radius 3 is 2.80 bits per heavy atom. The number of hydrogen-bond donors (Lipinski definition) is 1. The van der Waals surface area contributed by atoms with Crippen LogP contribution in [0.15, 0.2) is 62.8 Å². The van der Waals surface area contributed by atoms with Gasteiger partial charge in [-0.2, -0.15) is 0 Å². The van der Waals surface area contributed by atoms with Gasteiger partial charge < -0.3 is 9.73 Å². The summed E-state index contributed by atoms with van der Waals surface area (Å²) in [7, 11) is -3.38. The minimum absolute atomic E-state index is 0.192. The number of fused-ring (bicyclic) bond motifs is 2. The molecule has 0 aliphatic heterocycles. The van der Waals surface area contributed by atoms with E-state index in [0.29, 0.717) is 16.5 Å². The van der Waals surface area contributed by atoms with Gasteiger partial charge >= 0.3 is 4.94 Å². The van der Waals surface area contributed by atoms with Gasteiger partial charge in [0.15, 0.2) is 9.84 Å². The van der Waals surface area contributed by atoms with Crippen LogP contribution in [0.4, 0.5) is 11.4 Å². The average molecular weight is 372 g/mol. The standard InChI is InChI=1S/C17H12N2O4S2/c1-25(21,22)15-4-2-3-11-12(7-8-18-16(11)15)19-10-5-6-13-14(9-10)24-17(20)23-13/h2-9H,1H3,(H,18,19). The van der Waals surface area contributed by atoms with Crippen LogP contribution in [0.1, 0.15) is 0 Å². The van der Waals surface area contributed by atoms with Gasteiger partial charge in [-0.25, -0.2) is 13.2 Å². The molecule has 0 unspecified atom stereocenters. The highest BCUT2D eigenvalue weighted by molar-refractivity contribution is 7.91. The van der Waals surface area contributed by atoms with Crippen LogP contribution < -0.4 is 10.3 Å². The number of para-hydroxylation sites is 1. The third kappa shape index (κ3) is 2.90. The molecule has 0 radical (unpaired) electrons. The second-order valence-electron chi connectivity index (χ2n) is 5.52. The van der Waals surface area contributed by atoms with Crippen molar-refractivity contribution in [3.8, 4) is 0 Å². The first-order valence-electron chi connectivity index (χ1n) is 7.30. The number of anilines is 2. The summed E-state index contributed by atoms with van der Waals surface area (Å²) in [6.45, 7) is 0. The summed E-state index contributed by atoms with van der Waals surface area (Å²) in [6, 6.07) is 12.2. The number of nitrogens with one attached hydrogen (secondary N) is 1. The molecule has 4 aromatic rings. The lowest BCUT2D eigenvalue weighted by molar-refractivity contribution is 0.585. The fourth-order valence-corrected chi connectivity index (χ4v) is 4.21. The average Bonchev–Trinajstić information content (AvgIpc) is 2.93. The van der Waals surface area contributed by atoms with Gasteiger partial charge in [0.2, 0.25) is 0 Å². The van der Waals surface area contributed by atoms with Crippen molar-refractivity contribution >= 4 is 53.7 Å². The van der Waals surface area contributed by atoms with Crippen molar-refractivity contribution in [1.82, 2.24) is 4.98 Å². The highest BCUT2D eigenvalue weighted by atomic mass is 32.2. The zero-order valence-electron chi connectivity index (χ0n) is 13.0. The molecule has 0 aliphatic carbocycles. The lowest BCUT2D eigenvalue weighted by Gasteiger charge is -2.11. The van der Waals surface area contributed by atoms with Gasteiger partial charge in [0.1, 0.15) is 5.58 Å². The van der Waals surface area contributed by atoms with Crippen LogP contribution in [0.25, 0.3) is 21.2 Å². The van der Waals surface area contributed by atoms with Crippen molar-refractivity contribution in [2.24, 2.45) is 0 Å². The van der Waals surface area contributed by atoms with Crippen molar-refractivity contribution in [2.75, 3.05) is 11.6 Å². The van der Waals surface area contributed by atoms with Crippen LogP contribution in [-0.2, 0) is 9.84 Å². The van der Waals surface area contributed by atoms with Gasteiger partial charge in [-0.15, -0.1) is 0 Å². The molecule has 4 rings (SSSR count). The number of aromatic nitrogens is 1. The SMILES string of the molecule is CS(=O)(=O)c1cccc2c(Nc3ccc4oc(=O)sc4c3)ccnc12. The quantitative estimate of drug-likeness (QED) is 0.591. The largest absolute Gasteiger partial charge is 0.414 e. The van der Waals surface area contributed by atoms with Crippen LogP contribution in [0.5, 0.6) is 0 Å². The molecule has 0 spiro atoms. The van der Waals surface area contributed by atoms with E-state index in [0.717, 1.165) is 33.7 Å². The third-order valence-electron chi connectivity index (χ3n) is 3.74. The molecule has 0 saturated heterocycles. The lowest BCUT2D eigenvalue weighted by Crippen LogP contribution is -2.00. The molecular weight excluding hydrogens is 360 g/mol. The Labute approximate surface area is 146 Å². The van der Waals surface area contributed by atoms with E-state index in [1.165, 1.54) is 0 Å². The lowest BCUT2D eigenvalue weighted by atomic mass is 10.2. The first-order chi connectivity index (χ1) is 11.9. The van der Waals surface area contributed by atoms with Crippen LogP contribution in [0.3, 0.4) is 0 Å². The molecule has 126 valence electrons. The molecule has 25 heavy (non-hydrogen) atoms. The normalized spacial score (nSPS) is 11.9. The monoisotopic (exact) mass is 372 g/mol. The molecule has 0 saturated carbocycles. The summed E-state index contributed by atoms with van der Waals surface area (Å²) in [4.78, 5) is 15.4. The molecule has 2 aromatic heterocycles. The van der Waals surface area contributed by atoms with Crippen molar-refractivity contribution in [1.29, 1.82) is 0 Å². The Hall–Kier alpha value is -2.71. The number of hydrogen-bond acceptors (Lipinski definition) is 7. The van der Waals surface area contributed by atoms with Crippen molar-refractivity contribution in [2.45, 2.75) is 4.90 Å². The van der Waals surface area contributed by atoms with E-state index >= 15 is 0 Å². The van der Waals surface area contributed by atoms with E-state index in [-0.39, 0.29) is 9.83 Å². The summed E-state index contributed by atoms with van der Waals surface area (Å²) in [5.41, 5.74) is 2.45. The highest BCUT2D eigenvalue weighted by Crippen LogP contribution is 2.30. The van der Waals surface area contributed by atoms with Gasteiger partial charge in [-0.3, -0.25) is 4.98 Å². The van der Waals surface area contributed by atoms with Gasteiger partial charge in [0.05, 0.1) is 15.1 Å². The topological polar surface area (TPSA) is 89.3 Å². The Balaban J connectivity index is 1.84. The van der Waals surface area contributed by atoms with Crippen molar-refractivity contribution in [3.63, 3.8) is 0 Å². The summed E-state index contributed by atoms with van der Waals surface area (Å²) >= 11 is 1.03. The fraction of sp³-hybridized carbons (Fsp3) is 0.0588. The zero-order valence-corrected chi connectivity index (χ0v) is 14.6. The van der Waals surface area contributed by atoms with Gasteiger partial charge in [-0.1, -0.05) is 23.5 Å². The van der Waals surface area contributed by atoms with Gasteiger partial charge in [0, 0.05) is 29.2 Å². The predicted molar refractivity (Wildman–Crippen MR) is 98.5 cm³/mol. The molecule has 0 amide bonds. The fourth-order valence-electron chi connectivity index (χ4n) is 2.66. The van der Waals surface area contributed by atoms with E-state index < -0.39 is 9.84 Å². The van der Waals surface area contributed by atoms with Crippen LogP contribution in [0.2, 0.25) is 0 Å². The Bertz CT molecular complexity index is 1270. The molecule has 0 fully saturated rings. The van der Waals surface area contributed by atoms with Crippen molar-refractivity contribution in [3.05, 3.63) is 58.4 Å². The number of nitrogens with zero attached hydrogens (tertiary/aromatic N) is 1. The molecule has 1 N–H and O–H groups in total. The van der Waals surface area contributed by atoms with Crippen molar-refractivity contribution < 1.29 is 12.8 Å². The summed E-state index contributed by atoms with van der Waals surface area (Å²) in [6.07, 6.45) is 2.73. The van der Waals surface area contributed by atoms with E-state index in [2.05, 4.69) is 10.3 Å². The maximum atomic E-state index is 12.0. The van der Waals surface area contributed by atoms with E-state index in [9.17, 15) is 13.2 Å². The Morgan fingerprint density at radius 2 is 2.00 bits per heavy atom. The van der Waals surface area contributed by atoms with E-state index in [1.807, 2.05) is 12.1 Å². The number of sulfone groups is 1. The van der Waals surface area contributed by atoms with Crippen LogP contribution in [0, 0.1) is 0 Å². The predicted octanol–water partition coefficient (Wildman–Crippen LogP) is 3.55. The van der Waals surface area contributed by atoms with Gasteiger partial charge in [-0.05, 0) is 30.3 Å². The molecular formula is C17H12N2O4S2. The maximum absolute atomic E-state index is 12.0. The number of benzene rings is 2. The summed E-state index contributed by atoms with van der Waals surface area (Å²) in [5, 5.41) is 3.96. The first-order valence-corrected chi connectivity index (χ1v) is 10.0. The van der Waals surface area contributed by atoms with Gasteiger partial charge in [0.25, 0.3) is 0 Å². The summed E-state index contributed by atoms with van der Waals surface area (Å²) < 4.78 is 29.7. The second kappa shape index (κ2) is 5.68. The van der Waals surface area contributed by atoms with Crippen LogP contribution >= 0.6 is 11.3 Å². The molecule has 0 bridgehead atoms. The van der Waals surface area contributed by atoms with E-state index in [4.69, 9.17) is 4.42 Å². The van der Waals surface area contributed by atoms with E-state index in [1.54, 1.807) is 36.5 Å². The summed E-state index contributed by atoms with van der Waals surface area (Å²) in [5.74, 6) is 0. The number of rotatable bonds is 3. The minimum Gasteiger partial charge on any atom is -0.414 e. The molecule has 2 heterocycles. The third-order valence-corrected chi connectivity index (χ3v) is 5.66. The molecule has 2 aromatic carbocycles. The Kier molecular flexibility index (Phi) is 3.59. The molecule has 0 atom stereocenters. The number of pyridine rings is 1. The second-order valence-corrected chi connectivity index (χ2v) is 8.49. The first kappa shape index (κ1) is 15.8. The minimum atomic E-state index is -3.38. The Morgan fingerprint density at radius 1 is 1.16 bits per heavy atom.